The van der Waals surface area contributed by atoms with E-state index in [2.05, 4.69) is 10.6 Å². The highest BCUT2D eigenvalue weighted by Crippen LogP contribution is 2.32. The van der Waals surface area contributed by atoms with E-state index in [1.807, 2.05) is 0 Å². The van der Waals surface area contributed by atoms with Gasteiger partial charge in [-0.1, -0.05) is 18.2 Å². The lowest BCUT2D eigenvalue weighted by atomic mass is 9.97. The van der Waals surface area contributed by atoms with E-state index in [9.17, 15) is 14.4 Å². The minimum Gasteiger partial charge on any atom is -0.486 e. The predicted octanol–water partition coefficient (Wildman–Crippen LogP) is 3.83. The number of fused-ring (bicyclic) bond motifs is 1. The molecule has 0 radical (unpaired) electrons. The zero-order valence-corrected chi connectivity index (χ0v) is 17.8. The van der Waals surface area contributed by atoms with Crippen LogP contribution in [-0.2, 0) is 0 Å². The first-order valence-corrected chi connectivity index (χ1v) is 10.8. The summed E-state index contributed by atoms with van der Waals surface area (Å²) in [6, 6.07) is 18.6. The Labute approximate surface area is 190 Å². The maximum absolute atomic E-state index is 13.2. The minimum absolute atomic E-state index is 0.120. The van der Waals surface area contributed by atoms with Crippen molar-refractivity contribution in [3.8, 4) is 11.5 Å². The molecule has 7 nitrogen and oxygen atoms in total. The van der Waals surface area contributed by atoms with Crippen LogP contribution in [0, 0.1) is 0 Å². The molecule has 0 saturated heterocycles. The van der Waals surface area contributed by atoms with Crippen molar-refractivity contribution in [1.29, 1.82) is 0 Å². The Balaban J connectivity index is 1.33. The van der Waals surface area contributed by atoms with Crippen LogP contribution in [-0.4, -0.2) is 36.9 Å². The second-order valence-corrected chi connectivity index (χ2v) is 8.01. The lowest BCUT2D eigenvalue weighted by Crippen LogP contribution is -2.25. The van der Waals surface area contributed by atoms with Crippen LogP contribution >= 0.6 is 0 Å². The van der Waals surface area contributed by atoms with Crippen molar-refractivity contribution < 1.29 is 23.9 Å². The molecule has 3 aromatic rings. The number of nitrogens with one attached hydrogen (secondary N) is 2. The first kappa shape index (κ1) is 20.8. The normalized spacial score (nSPS) is 14.3. The van der Waals surface area contributed by atoms with Crippen molar-refractivity contribution in [2.24, 2.45) is 0 Å². The van der Waals surface area contributed by atoms with E-state index in [0.29, 0.717) is 41.5 Å². The number of hydrogen-bond donors (Lipinski definition) is 2. The molecule has 33 heavy (non-hydrogen) atoms. The molecule has 166 valence electrons. The molecule has 0 bridgehead atoms. The highest BCUT2D eigenvalue weighted by atomic mass is 16.6. The Bertz CT molecular complexity index is 1230. The molecular weight excluding hydrogens is 420 g/mol. The number of carbonyl (C=O) groups is 3. The van der Waals surface area contributed by atoms with Gasteiger partial charge in [0.1, 0.15) is 13.2 Å². The molecule has 7 heteroatoms. The molecule has 2 amide bonds. The van der Waals surface area contributed by atoms with Crippen LogP contribution in [0.3, 0.4) is 0 Å². The molecule has 2 aliphatic rings. The maximum Gasteiger partial charge on any atom is 0.256 e. The van der Waals surface area contributed by atoms with Gasteiger partial charge in [-0.25, -0.2) is 0 Å². The van der Waals surface area contributed by atoms with Crippen molar-refractivity contribution >= 4 is 23.3 Å². The predicted molar refractivity (Wildman–Crippen MR) is 122 cm³/mol. The van der Waals surface area contributed by atoms with Crippen LogP contribution in [0.4, 0.5) is 5.69 Å². The fourth-order valence-corrected chi connectivity index (χ4v) is 3.62. The molecule has 1 aliphatic heterocycles. The number of hydrogen-bond acceptors (Lipinski definition) is 5. The fraction of sp³-hybridized carbons (Fsp3) is 0.192. The molecule has 1 fully saturated rings. The smallest absolute Gasteiger partial charge is 0.256 e. The van der Waals surface area contributed by atoms with Gasteiger partial charge in [0.2, 0.25) is 0 Å². The van der Waals surface area contributed by atoms with Gasteiger partial charge in [0.05, 0.1) is 5.56 Å². The van der Waals surface area contributed by atoms with Gasteiger partial charge in [0.15, 0.2) is 17.3 Å². The average molecular weight is 442 g/mol. The number of amides is 2. The average Bonchev–Trinajstić information content (AvgIpc) is 3.67. The number of benzene rings is 3. The van der Waals surface area contributed by atoms with E-state index in [1.54, 1.807) is 66.7 Å². The van der Waals surface area contributed by atoms with Crippen molar-refractivity contribution in [2.45, 2.75) is 18.9 Å². The molecule has 1 saturated carbocycles. The lowest BCUT2D eigenvalue weighted by Gasteiger charge is -2.18. The van der Waals surface area contributed by atoms with Crippen molar-refractivity contribution in [1.82, 2.24) is 5.32 Å². The Hall–Kier alpha value is -4.13. The van der Waals surface area contributed by atoms with Crippen LogP contribution in [0.1, 0.15) is 49.5 Å². The topological polar surface area (TPSA) is 93.7 Å². The van der Waals surface area contributed by atoms with Gasteiger partial charge in [-0.05, 0) is 61.4 Å². The third kappa shape index (κ3) is 4.57. The van der Waals surface area contributed by atoms with E-state index in [0.717, 1.165) is 12.8 Å². The molecule has 0 atom stereocenters. The zero-order valence-electron chi connectivity index (χ0n) is 17.8. The van der Waals surface area contributed by atoms with E-state index in [4.69, 9.17) is 9.47 Å². The summed E-state index contributed by atoms with van der Waals surface area (Å²) in [7, 11) is 0. The molecular formula is C26H22N2O5. The molecule has 3 aromatic carbocycles. The van der Waals surface area contributed by atoms with Gasteiger partial charge < -0.3 is 20.1 Å². The second-order valence-electron chi connectivity index (χ2n) is 8.01. The Morgan fingerprint density at radius 3 is 2.12 bits per heavy atom. The minimum atomic E-state index is -0.410. The quantitative estimate of drug-likeness (QED) is 0.566. The van der Waals surface area contributed by atoms with E-state index in [1.165, 1.54) is 0 Å². The third-order valence-corrected chi connectivity index (χ3v) is 5.54. The molecule has 1 aliphatic carbocycles. The Kier molecular flexibility index (Phi) is 5.52. The van der Waals surface area contributed by atoms with Gasteiger partial charge in [-0.2, -0.15) is 0 Å². The second kappa shape index (κ2) is 8.78. The van der Waals surface area contributed by atoms with E-state index in [-0.39, 0.29) is 28.9 Å². The molecule has 2 N–H and O–H groups in total. The fourth-order valence-electron chi connectivity index (χ4n) is 3.62. The summed E-state index contributed by atoms with van der Waals surface area (Å²) in [4.78, 5) is 38.3. The Morgan fingerprint density at radius 2 is 1.39 bits per heavy atom. The summed E-state index contributed by atoms with van der Waals surface area (Å²) < 4.78 is 11.1. The molecule has 0 spiro atoms. The summed E-state index contributed by atoms with van der Waals surface area (Å²) in [6.07, 6.45) is 2.04. The summed E-state index contributed by atoms with van der Waals surface area (Å²) in [5.74, 6) is 0.292. The lowest BCUT2D eigenvalue weighted by molar-refractivity contribution is 0.0950. The largest absolute Gasteiger partial charge is 0.486 e. The molecule has 1 heterocycles. The third-order valence-electron chi connectivity index (χ3n) is 5.54. The van der Waals surface area contributed by atoms with Crippen molar-refractivity contribution in [3.05, 3.63) is 89.0 Å². The highest BCUT2D eigenvalue weighted by Gasteiger charge is 2.24. The van der Waals surface area contributed by atoms with Crippen LogP contribution in [0.25, 0.3) is 0 Å². The van der Waals surface area contributed by atoms with Gasteiger partial charge in [-0.3, -0.25) is 14.4 Å². The maximum atomic E-state index is 13.2. The summed E-state index contributed by atoms with van der Waals surface area (Å²) in [5, 5.41) is 5.74. The number of rotatable bonds is 6. The first-order valence-electron chi connectivity index (χ1n) is 10.8. The van der Waals surface area contributed by atoms with E-state index >= 15 is 0 Å². The monoisotopic (exact) mass is 442 g/mol. The SMILES string of the molecule is O=C(NC1CC1)c1ccc(NC(=O)c2ccccc2C(=O)c2ccc3c(c2)OCCO3)cc1. The number of anilines is 1. The van der Waals surface area contributed by atoms with Crippen LogP contribution < -0.4 is 20.1 Å². The number of ketones is 1. The first-order chi connectivity index (χ1) is 16.1. The number of ether oxygens (including phenoxy) is 2. The van der Waals surface area contributed by atoms with Crippen molar-refractivity contribution in [3.63, 3.8) is 0 Å². The standard InChI is InChI=1S/C26H22N2O5/c29-24(17-7-12-22-23(15-17)33-14-13-32-22)20-3-1-2-4-21(20)26(31)28-18-8-5-16(6-9-18)25(30)27-19-10-11-19/h1-9,12,15,19H,10-11,13-14H2,(H,27,30)(H,28,31). The van der Waals surface area contributed by atoms with Crippen LogP contribution in [0.2, 0.25) is 0 Å². The molecule has 0 unspecified atom stereocenters. The van der Waals surface area contributed by atoms with Gasteiger partial charge in [-0.15, -0.1) is 0 Å². The molecule has 5 rings (SSSR count). The van der Waals surface area contributed by atoms with E-state index < -0.39 is 5.91 Å². The highest BCUT2D eigenvalue weighted by molar-refractivity contribution is 6.17. The van der Waals surface area contributed by atoms with Crippen molar-refractivity contribution in [2.75, 3.05) is 18.5 Å². The van der Waals surface area contributed by atoms with Gasteiger partial charge >= 0.3 is 0 Å². The van der Waals surface area contributed by atoms with Crippen LogP contribution in [0.5, 0.6) is 11.5 Å². The molecule has 0 aromatic heterocycles. The Morgan fingerprint density at radius 1 is 0.727 bits per heavy atom. The van der Waals surface area contributed by atoms with Crippen LogP contribution in [0.15, 0.2) is 66.7 Å². The summed E-state index contributed by atoms with van der Waals surface area (Å²) in [6.45, 7) is 0.889. The zero-order chi connectivity index (χ0) is 22.8. The van der Waals surface area contributed by atoms with Gasteiger partial charge in [0.25, 0.3) is 11.8 Å². The summed E-state index contributed by atoms with van der Waals surface area (Å²) >= 11 is 0. The number of carbonyl (C=O) groups excluding carboxylic acids is 3. The summed E-state index contributed by atoms with van der Waals surface area (Å²) in [5.41, 5.74) is 2.02. The van der Waals surface area contributed by atoms with Gasteiger partial charge in [0, 0.05) is 28.4 Å².